The van der Waals surface area contributed by atoms with Crippen LogP contribution in [0.15, 0.2) is 162 Å². The van der Waals surface area contributed by atoms with E-state index < -0.39 is 0 Å². The molecule has 2 aliphatic heterocycles. The SMILES string of the molecule is CCCCc1ccc2c(c1)-c1cc(-c3c(C)cc(C)cc3C)cc3c1B(c1c(ccc4oc5ccccc5c14)N3c1ccc(CCCC)cc1-c1ccccc1)N2c1ccccc1. The molecule has 0 spiro atoms. The highest BCUT2D eigenvalue weighted by Gasteiger charge is 2.47. The van der Waals surface area contributed by atoms with Crippen molar-refractivity contribution in [1.82, 2.24) is 0 Å². The second-order valence-electron chi connectivity index (χ2n) is 17.9. The fourth-order valence-corrected chi connectivity index (χ4v) is 10.9. The standard InChI is InChI=1S/C59H53BN2O/c1-6-8-18-41-26-28-50(47(34-41)43-20-12-10-13-21-43)61-52-30-31-55-57(46-24-16-17-25-54(46)63-55)59(52)60-58-49(36-44(37-53(58)61)56-39(4)32-38(3)33-40(56)5)48-35-42(19-9-7-2)27-29-51(48)62(60)45-22-14-11-15-23-45/h10-17,20-37H,6-9,18-19H2,1-5H3. The van der Waals surface area contributed by atoms with Gasteiger partial charge in [-0.25, -0.2) is 0 Å². The zero-order valence-corrected chi connectivity index (χ0v) is 37.1. The first-order valence-corrected chi connectivity index (χ1v) is 23.1. The summed E-state index contributed by atoms with van der Waals surface area (Å²) >= 11 is 0. The topological polar surface area (TPSA) is 19.6 Å². The molecule has 2 aliphatic rings. The summed E-state index contributed by atoms with van der Waals surface area (Å²) in [6, 6.07) is 59.6. The van der Waals surface area contributed by atoms with Gasteiger partial charge in [-0.2, -0.15) is 0 Å². The average Bonchev–Trinajstić information content (AvgIpc) is 3.69. The van der Waals surface area contributed by atoms with Crippen molar-refractivity contribution in [1.29, 1.82) is 0 Å². The van der Waals surface area contributed by atoms with Gasteiger partial charge in [-0.3, -0.25) is 0 Å². The lowest BCUT2D eigenvalue weighted by Crippen LogP contribution is -2.61. The third kappa shape index (κ3) is 6.49. The minimum absolute atomic E-state index is 0.152. The van der Waals surface area contributed by atoms with Crippen molar-refractivity contribution in [2.24, 2.45) is 0 Å². The molecule has 63 heavy (non-hydrogen) atoms. The molecular weight excluding hydrogens is 763 g/mol. The molecule has 0 aliphatic carbocycles. The largest absolute Gasteiger partial charge is 0.456 e. The second-order valence-corrected chi connectivity index (χ2v) is 17.9. The molecule has 0 radical (unpaired) electrons. The van der Waals surface area contributed by atoms with E-state index >= 15 is 0 Å². The second kappa shape index (κ2) is 15.8. The zero-order valence-electron chi connectivity index (χ0n) is 37.1. The Bertz CT molecular complexity index is 3180. The maximum atomic E-state index is 6.77. The predicted molar refractivity (Wildman–Crippen MR) is 270 cm³/mol. The number of anilines is 5. The summed E-state index contributed by atoms with van der Waals surface area (Å²) in [4.78, 5) is 5.26. The summed E-state index contributed by atoms with van der Waals surface area (Å²) in [6.45, 7) is 11.2. The van der Waals surface area contributed by atoms with Crippen molar-refractivity contribution in [2.45, 2.75) is 73.1 Å². The van der Waals surface area contributed by atoms with Crippen molar-refractivity contribution in [3.8, 4) is 33.4 Å². The van der Waals surface area contributed by atoms with Gasteiger partial charge in [0, 0.05) is 44.6 Å². The highest BCUT2D eigenvalue weighted by molar-refractivity contribution is 6.95. The molecule has 9 aromatic rings. The normalized spacial score (nSPS) is 12.8. The molecule has 0 atom stereocenters. The van der Waals surface area contributed by atoms with E-state index in [1.165, 1.54) is 106 Å². The maximum absolute atomic E-state index is 6.77. The molecule has 4 heteroatoms. The fraction of sp³-hybridized carbons (Fsp3) is 0.186. The van der Waals surface area contributed by atoms with Crippen LogP contribution in [-0.4, -0.2) is 6.85 Å². The molecule has 3 heterocycles. The van der Waals surface area contributed by atoms with Crippen molar-refractivity contribution >= 4 is 68.1 Å². The Morgan fingerprint density at radius 2 is 1.13 bits per heavy atom. The van der Waals surface area contributed by atoms with E-state index in [0.29, 0.717) is 0 Å². The molecule has 0 bridgehead atoms. The van der Waals surface area contributed by atoms with E-state index in [4.69, 9.17) is 4.42 Å². The maximum Gasteiger partial charge on any atom is 0.333 e. The molecule has 0 saturated heterocycles. The number of aryl methyl sites for hydroxylation is 5. The van der Waals surface area contributed by atoms with Crippen LogP contribution < -0.4 is 20.6 Å². The summed E-state index contributed by atoms with van der Waals surface area (Å²) in [5.41, 5.74) is 24.6. The van der Waals surface area contributed by atoms with Crippen LogP contribution in [0.2, 0.25) is 0 Å². The number of rotatable bonds is 10. The highest BCUT2D eigenvalue weighted by atomic mass is 16.3. The third-order valence-electron chi connectivity index (χ3n) is 13.6. The van der Waals surface area contributed by atoms with Gasteiger partial charge in [0.25, 0.3) is 0 Å². The van der Waals surface area contributed by atoms with Gasteiger partial charge in [0.1, 0.15) is 11.2 Å². The molecular formula is C59H53BN2O. The predicted octanol–water partition coefficient (Wildman–Crippen LogP) is 15.2. The number of unbranched alkanes of at least 4 members (excludes halogenated alkanes) is 2. The fourth-order valence-electron chi connectivity index (χ4n) is 10.9. The number of para-hydroxylation sites is 2. The van der Waals surface area contributed by atoms with E-state index in [1.54, 1.807) is 0 Å². The molecule has 308 valence electrons. The summed E-state index contributed by atoms with van der Waals surface area (Å²) in [5.74, 6) is 0. The lowest BCUT2D eigenvalue weighted by Gasteiger charge is -2.46. The number of fused-ring (bicyclic) bond motifs is 8. The minimum atomic E-state index is -0.152. The number of benzene rings is 8. The van der Waals surface area contributed by atoms with E-state index in [1.807, 2.05) is 0 Å². The van der Waals surface area contributed by atoms with Crippen LogP contribution in [-0.2, 0) is 12.8 Å². The molecule has 0 N–H and O–H groups in total. The first kappa shape index (κ1) is 39.1. The summed E-state index contributed by atoms with van der Waals surface area (Å²) in [6.07, 6.45) is 6.75. The van der Waals surface area contributed by atoms with Crippen molar-refractivity contribution < 1.29 is 4.42 Å². The number of furan rings is 1. The van der Waals surface area contributed by atoms with Crippen LogP contribution in [0.5, 0.6) is 0 Å². The molecule has 11 rings (SSSR count). The van der Waals surface area contributed by atoms with Gasteiger partial charge in [-0.15, -0.1) is 0 Å². The monoisotopic (exact) mass is 816 g/mol. The summed E-state index contributed by atoms with van der Waals surface area (Å²) in [7, 11) is 0. The van der Waals surface area contributed by atoms with E-state index in [2.05, 4.69) is 202 Å². The van der Waals surface area contributed by atoms with Gasteiger partial charge in [-0.05, 0) is 169 Å². The van der Waals surface area contributed by atoms with E-state index in [0.717, 1.165) is 55.1 Å². The Labute approximate surface area is 372 Å². The molecule has 0 fully saturated rings. The molecule has 3 nitrogen and oxygen atoms in total. The van der Waals surface area contributed by atoms with E-state index in [-0.39, 0.29) is 6.85 Å². The van der Waals surface area contributed by atoms with Crippen LogP contribution in [0.1, 0.15) is 67.3 Å². The van der Waals surface area contributed by atoms with E-state index in [9.17, 15) is 0 Å². The van der Waals surface area contributed by atoms with Gasteiger partial charge in [0.15, 0.2) is 0 Å². The van der Waals surface area contributed by atoms with Crippen LogP contribution in [0, 0.1) is 20.8 Å². The number of nitrogens with zero attached hydrogens (tertiary/aromatic N) is 2. The Kier molecular flexibility index (Phi) is 9.83. The van der Waals surface area contributed by atoms with Gasteiger partial charge < -0.3 is 14.1 Å². The molecule has 0 amide bonds. The zero-order chi connectivity index (χ0) is 42.8. The number of hydrogen-bond acceptors (Lipinski definition) is 3. The first-order valence-electron chi connectivity index (χ1n) is 23.1. The van der Waals surface area contributed by atoms with Crippen LogP contribution >= 0.6 is 0 Å². The smallest absolute Gasteiger partial charge is 0.333 e. The van der Waals surface area contributed by atoms with Crippen LogP contribution in [0.3, 0.4) is 0 Å². The van der Waals surface area contributed by atoms with Crippen molar-refractivity contribution in [3.63, 3.8) is 0 Å². The number of hydrogen-bond donors (Lipinski definition) is 0. The van der Waals surface area contributed by atoms with Crippen molar-refractivity contribution in [2.75, 3.05) is 9.71 Å². The lowest BCUT2D eigenvalue weighted by atomic mass is 9.42. The molecule has 0 unspecified atom stereocenters. The Morgan fingerprint density at radius 1 is 0.492 bits per heavy atom. The Morgan fingerprint density at radius 3 is 1.84 bits per heavy atom. The van der Waals surface area contributed by atoms with Gasteiger partial charge in [-0.1, -0.05) is 123 Å². The molecule has 1 aromatic heterocycles. The third-order valence-corrected chi connectivity index (χ3v) is 13.6. The Hall–Kier alpha value is -6.78. The van der Waals surface area contributed by atoms with Crippen molar-refractivity contribution in [3.05, 3.63) is 186 Å². The Balaban J connectivity index is 1.32. The summed E-state index contributed by atoms with van der Waals surface area (Å²) in [5, 5.41) is 2.32. The van der Waals surface area contributed by atoms with Crippen LogP contribution in [0.25, 0.3) is 55.3 Å². The molecule has 0 saturated carbocycles. The van der Waals surface area contributed by atoms with Gasteiger partial charge in [0.2, 0.25) is 0 Å². The summed E-state index contributed by atoms with van der Waals surface area (Å²) < 4.78 is 6.77. The first-order chi connectivity index (χ1) is 30.9. The highest BCUT2D eigenvalue weighted by Crippen LogP contribution is 2.51. The lowest BCUT2D eigenvalue weighted by molar-refractivity contribution is 0.669. The molecule has 8 aromatic carbocycles. The average molecular weight is 817 g/mol. The van der Waals surface area contributed by atoms with Gasteiger partial charge in [0.05, 0.1) is 5.69 Å². The quantitative estimate of drug-likeness (QED) is 0.128. The van der Waals surface area contributed by atoms with Gasteiger partial charge >= 0.3 is 6.85 Å². The van der Waals surface area contributed by atoms with Crippen LogP contribution in [0.4, 0.5) is 28.4 Å². The minimum Gasteiger partial charge on any atom is -0.456 e.